The monoisotopic (exact) mass is 376 g/mol. The van der Waals surface area contributed by atoms with E-state index in [9.17, 15) is 18.0 Å². The van der Waals surface area contributed by atoms with Gasteiger partial charge in [0.05, 0.1) is 11.7 Å². The lowest BCUT2D eigenvalue weighted by atomic mass is 9.89. The summed E-state index contributed by atoms with van der Waals surface area (Å²) in [5.74, 6) is -4.10. The Morgan fingerprint density at radius 1 is 1.07 bits per heavy atom. The molecule has 1 N–H and O–H groups in total. The summed E-state index contributed by atoms with van der Waals surface area (Å²) in [7, 11) is 0. The Labute approximate surface area is 157 Å². The second-order valence-electron chi connectivity index (χ2n) is 7.06. The highest BCUT2D eigenvalue weighted by atomic mass is 19.2. The summed E-state index contributed by atoms with van der Waals surface area (Å²) in [5.41, 5.74) is 0.972. The first-order chi connectivity index (χ1) is 13.0. The van der Waals surface area contributed by atoms with Gasteiger partial charge in [-0.05, 0) is 62.9 Å². The smallest absolute Gasteiger partial charge is 0.241 e. The van der Waals surface area contributed by atoms with E-state index in [2.05, 4.69) is 17.4 Å². The molecule has 0 radical (unpaired) electrons. The minimum Gasteiger partial charge on any atom is -0.322 e. The van der Waals surface area contributed by atoms with Crippen molar-refractivity contribution in [2.75, 3.05) is 18.4 Å². The average molecular weight is 376 g/mol. The number of hydrogen-bond acceptors (Lipinski definition) is 2. The maximum absolute atomic E-state index is 13.7. The Kier molecular flexibility index (Phi) is 6.16. The van der Waals surface area contributed by atoms with Crippen LogP contribution in [0.2, 0.25) is 0 Å². The number of rotatable bonds is 5. The van der Waals surface area contributed by atoms with Gasteiger partial charge in [-0.15, -0.1) is 0 Å². The summed E-state index contributed by atoms with van der Waals surface area (Å²) in [6.45, 7) is 3.28. The largest absolute Gasteiger partial charge is 0.322 e. The van der Waals surface area contributed by atoms with E-state index in [0.717, 1.165) is 44.5 Å². The van der Waals surface area contributed by atoms with E-state index in [-0.39, 0.29) is 5.69 Å². The molecular formula is C21H23F3N2O. The standard InChI is InChI=1S/C21H23F3N2O/c1-14(21(27)25-18-8-7-17(22)19(23)20(18)24)26-11-9-16(10-12-26)13-15-5-3-2-4-6-15/h2-8,14,16H,9-13H2,1H3,(H,25,27)/t14-/m0/s1. The van der Waals surface area contributed by atoms with Gasteiger partial charge >= 0.3 is 0 Å². The van der Waals surface area contributed by atoms with Crippen LogP contribution in [-0.4, -0.2) is 29.9 Å². The molecule has 2 aromatic rings. The Bertz CT molecular complexity index is 790. The molecule has 6 heteroatoms. The first-order valence-corrected chi connectivity index (χ1v) is 9.18. The highest BCUT2D eigenvalue weighted by Gasteiger charge is 2.27. The van der Waals surface area contributed by atoms with Crippen molar-refractivity contribution >= 4 is 11.6 Å². The highest BCUT2D eigenvalue weighted by Crippen LogP contribution is 2.24. The zero-order valence-corrected chi connectivity index (χ0v) is 15.2. The third-order valence-corrected chi connectivity index (χ3v) is 5.24. The summed E-state index contributed by atoms with van der Waals surface area (Å²) in [5, 5.41) is 2.36. The molecule has 1 saturated heterocycles. The number of halogens is 3. The van der Waals surface area contributed by atoms with Crippen molar-refractivity contribution in [3.63, 3.8) is 0 Å². The summed E-state index contributed by atoms with van der Waals surface area (Å²) < 4.78 is 40.1. The molecule has 1 aliphatic heterocycles. The number of hydrogen-bond donors (Lipinski definition) is 1. The molecule has 27 heavy (non-hydrogen) atoms. The first-order valence-electron chi connectivity index (χ1n) is 9.18. The maximum Gasteiger partial charge on any atom is 0.241 e. The van der Waals surface area contributed by atoms with E-state index in [1.165, 1.54) is 5.56 Å². The molecule has 0 saturated carbocycles. The number of nitrogens with zero attached hydrogens (tertiary/aromatic N) is 1. The predicted octanol–water partition coefficient (Wildman–Crippen LogP) is 4.39. The molecule has 1 heterocycles. The van der Waals surface area contributed by atoms with E-state index < -0.39 is 29.4 Å². The second-order valence-corrected chi connectivity index (χ2v) is 7.06. The van der Waals surface area contributed by atoms with Crippen LogP contribution in [0.25, 0.3) is 0 Å². The van der Waals surface area contributed by atoms with E-state index in [4.69, 9.17) is 0 Å². The van der Waals surface area contributed by atoms with Gasteiger partial charge in [-0.2, -0.15) is 0 Å². The van der Waals surface area contributed by atoms with Crippen molar-refractivity contribution in [2.24, 2.45) is 5.92 Å². The predicted molar refractivity (Wildman–Crippen MR) is 98.9 cm³/mol. The number of anilines is 1. The molecule has 3 nitrogen and oxygen atoms in total. The van der Waals surface area contributed by atoms with Crippen LogP contribution in [0.5, 0.6) is 0 Å². The molecule has 0 aromatic heterocycles. The molecule has 1 fully saturated rings. The van der Waals surface area contributed by atoms with Gasteiger partial charge in [0.2, 0.25) is 5.91 Å². The summed E-state index contributed by atoms with van der Waals surface area (Å²) in [6, 6.07) is 11.7. The molecule has 0 unspecified atom stereocenters. The molecule has 0 bridgehead atoms. The van der Waals surface area contributed by atoms with Crippen molar-refractivity contribution in [3.8, 4) is 0 Å². The lowest BCUT2D eigenvalue weighted by Gasteiger charge is -2.35. The Hall–Kier alpha value is -2.34. The molecule has 0 aliphatic carbocycles. The molecule has 1 atom stereocenters. The van der Waals surface area contributed by atoms with Crippen molar-refractivity contribution in [3.05, 3.63) is 65.5 Å². The Balaban J connectivity index is 1.53. The number of nitrogens with one attached hydrogen (secondary N) is 1. The molecule has 1 aliphatic rings. The fourth-order valence-corrected chi connectivity index (χ4v) is 3.52. The topological polar surface area (TPSA) is 32.3 Å². The van der Waals surface area contributed by atoms with Crippen LogP contribution < -0.4 is 5.32 Å². The van der Waals surface area contributed by atoms with Crippen molar-refractivity contribution in [1.82, 2.24) is 4.90 Å². The highest BCUT2D eigenvalue weighted by molar-refractivity contribution is 5.94. The van der Waals surface area contributed by atoms with E-state index in [1.54, 1.807) is 6.92 Å². The first kappa shape index (κ1) is 19.4. The Morgan fingerprint density at radius 3 is 2.41 bits per heavy atom. The minimum absolute atomic E-state index is 0.343. The molecule has 3 rings (SSSR count). The van der Waals surface area contributed by atoms with Crippen LogP contribution in [0, 0.1) is 23.4 Å². The molecule has 2 aromatic carbocycles. The van der Waals surface area contributed by atoms with Gasteiger partial charge in [0.25, 0.3) is 0 Å². The van der Waals surface area contributed by atoms with E-state index >= 15 is 0 Å². The van der Waals surface area contributed by atoms with Gasteiger partial charge in [-0.3, -0.25) is 9.69 Å². The number of piperidine rings is 1. The van der Waals surface area contributed by atoms with Crippen LogP contribution in [-0.2, 0) is 11.2 Å². The zero-order valence-electron chi connectivity index (χ0n) is 15.2. The van der Waals surface area contributed by atoms with Gasteiger partial charge < -0.3 is 5.32 Å². The number of likely N-dealkylation sites (tertiary alicyclic amines) is 1. The summed E-state index contributed by atoms with van der Waals surface area (Å²) in [6.07, 6.45) is 2.98. The lowest BCUT2D eigenvalue weighted by Crippen LogP contribution is -2.46. The van der Waals surface area contributed by atoms with E-state index in [1.807, 2.05) is 23.1 Å². The van der Waals surface area contributed by atoms with Crippen molar-refractivity contribution in [1.29, 1.82) is 0 Å². The SMILES string of the molecule is C[C@@H](C(=O)Nc1ccc(F)c(F)c1F)N1CCC(Cc2ccccc2)CC1. The normalized spacial score (nSPS) is 16.9. The summed E-state index contributed by atoms with van der Waals surface area (Å²) in [4.78, 5) is 14.4. The van der Waals surface area contributed by atoms with Crippen LogP contribution in [0.3, 0.4) is 0 Å². The fourth-order valence-electron chi connectivity index (χ4n) is 3.52. The van der Waals surface area contributed by atoms with Gasteiger partial charge in [0, 0.05) is 0 Å². The van der Waals surface area contributed by atoms with Gasteiger partial charge in [-0.25, -0.2) is 13.2 Å². The van der Waals surface area contributed by atoms with Crippen molar-refractivity contribution in [2.45, 2.75) is 32.2 Å². The zero-order chi connectivity index (χ0) is 19.4. The molecular weight excluding hydrogens is 353 g/mol. The van der Waals surface area contributed by atoms with E-state index in [0.29, 0.717) is 5.92 Å². The molecule has 1 amide bonds. The molecule has 144 valence electrons. The summed E-state index contributed by atoms with van der Waals surface area (Å²) >= 11 is 0. The van der Waals surface area contributed by atoms with Crippen LogP contribution in [0.1, 0.15) is 25.3 Å². The van der Waals surface area contributed by atoms with Crippen molar-refractivity contribution < 1.29 is 18.0 Å². The van der Waals surface area contributed by atoms with Crippen LogP contribution >= 0.6 is 0 Å². The maximum atomic E-state index is 13.7. The lowest BCUT2D eigenvalue weighted by molar-refractivity contribution is -0.121. The van der Waals surface area contributed by atoms with Crippen LogP contribution in [0.4, 0.5) is 18.9 Å². The van der Waals surface area contributed by atoms with Crippen LogP contribution in [0.15, 0.2) is 42.5 Å². The third-order valence-electron chi connectivity index (χ3n) is 5.24. The fraction of sp³-hybridized carbons (Fsp3) is 0.381. The number of carbonyl (C=O) groups excluding carboxylic acids is 1. The van der Waals surface area contributed by atoms with Gasteiger partial charge in [-0.1, -0.05) is 30.3 Å². The number of benzene rings is 2. The number of carbonyl (C=O) groups is 1. The molecule has 0 spiro atoms. The minimum atomic E-state index is -1.58. The third kappa shape index (κ3) is 4.69. The average Bonchev–Trinajstić information content (AvgIpc) is 2.69. The quantitative estimate of drug-likeness (QED) is 0.785. The number of amides is 1. The van der Waals surface area contributed by atoms with Gasteiger partial charge in [0.1, 0.15) is 0 Å². The Morgan fingerprint density at radius 2 is 1.74 bits per heavy atom. The second kappa shape index (κ2) is 8.57. The van der Waals surface area contributed by atoms with Gasteiger partial charge in [0.15, 0.2) is 17.5 Å².